The first-order valence-corrected chi connectivity index (χ1v) is 3.60. The highest BCUT2D eigenvalue weighted by atomic mass is 16.3. The summed E-state index contributed by atoms with van der Waals surface area (Å²) < 4.78 is 0. The molecule has 0 bridgehead atoms. The molecule has 0 radical (unpaired) electrons. The zero-order valence-corrected chi connectivity index (χ0v) is 6.09. The Kier molecular flexibility index (Phi) is 1.93. The lowest BCUT2D eigenvalue weighted by atomic mass is 9.95. The third-order valence-corrected chi connectivity index (χ3v) is 2.08. The Hall–Kier alpha value is -0.590. The van der Waals surface area contributed by atoms with Crippen molar-refractivity contribution >= 4 is 0 Å². The van der Waals surface area contributed by atoms with Crippen LogP contribution in [-0.4, -0.2) is 23.3 Å². The molecule has 2 unspecified atom stereocenters. The van der Waals surface area contributed by atoms with E-state index in [0.717, 1.165) is 13.0 Å². The van der Waals surface area contributed by atoms with Crippen molar-refractivity contribution in [2.24, 2.45) is 0 Å². The van der Waals surface area contributed by atoms with Gasteiger partial charge in [0.05, 0.1) is 6.07 Å². The smallest absolute Gasteiger partial charge is 0.167 e. The molecule has 0 aromatic heterocycles. The molecule has 1 rings (SSSR count). The Labute approximate surface area is 60.7 Å². The Bertz CT molecular complexity index is 163. The Morgan fingerprint density at radius 2 is 2.60 bits per heavy atom. The van der Waals surface area contributed by atoms with Gasteiger partial charge in [0, 0.05) is 12.5 Å². The molecule has 1 aliphatic heterocycles. The number of hydrogen-bond donors (Lipinski definition) is 2. The van der Waals surface area contributed by atoms with E-state index in [1.807, 2.05) is 13.0 Å². The Balaban J connectivity index is 2.68. The molecule has 0 saturated carbocycles. The fraction of sp³-hybridized carbons (Fsp3) is 0.857. The largest absolute Gasteiger partial charge is 0.374 e. The molecule has 1 fully saturated rings. The molecule has 0 amide bonds. The lowest BCUT2D eigenvalue weighted by Crippen LogP contribution is -2.40. The van der Waals surface area contributed by atoms with E-state index in [9.17, 15) is 5.11 Å². The van der Waals surface area contributed by atoms with Gasteiger partial charge in [-0.3, -0.25) is 0 Å². The standard InChI is InChI=1S/C7H12N2O/c1-2-6-7(10,5-8)3-4-9-6/h6,9-10H,2-4H2,1H3. The summed E-state index contributed by atoms with van der Waals surface area (Å²) in [5.41, 5.74) is -1.10. The lowest BCUT2D eigenvalue weighted by molar-refractivity contribution is 0.0837. The number of nitrogens with zero attached hydrogens (tertiary/aromatic N) is 1. The highest BCUT2D eigenvalue weighted by Crippen LogP contribution is 2.21. The summed E-state index contributed by atoms with van der Waals surface area (Å²) in [4.78, 5) is 0. The van der Waals surface area contributed by atoms with Crippen LogP contribution in [0.15, 0.2) is 0 Å². The second kappa shape index (κ2) is 2.57. The SMILES string of the molecule is CCC1NCCC1(O)C#N. The van der Waals surface area contributed by atoms with E-state index in [4.69, 9.17) is 5.26 Å². The molecule has 2 atom stereocenters. The number of nitriles is 1. The monoisotopic (exact) mass is 140 g/mol. The maximum Gasteiger partial charge on any atom is 0.167 e. The van der Waals surface area contributed by atoms with E-state index in [1.165, 1.54) is 0 Å². The van der Waals surface area contributed by atoms with Crippen LogP contribution < -0.4 is 5.32 Å². The third kappa shape index (κ3) is 1.00. The highest BCUT2D eigenvalue weighted by Gasteiger charge is 2.39. The third-order valence-electron chi connectivity index (χ3n) is 2.08. The van der Waals surface area contributed by atoms with E-state index in [-0.39, 0.29) is 6.04 Å². The van der Waals surface area contributed by atoms with Crippen LogP contribution in [-0.2, 0) is 0 Å². The maximum atomic E-state index is 9.54. The molecule has 0 aromatic rings. The summed E-state index contributed by atoms with van der Waals surface area (Å²) in [6.07, 6.45) is 1.37. The normalized spacial score (nSPS) is 39.5. The van der Waals surface area contributed by atoms with Gasteiger partial charge in [0.15, 0.2) is 5.60 Å². The van der Waals surface area contributed by atoms with Crippen molar-refractivity contribution in [1.82, 2.24) is 5.32 Å². The molecule has 3 nitrogen and oxygen atoms in total. The Morgan fingerprint density at radius 1 is 1.90 bits per heavy atom. The summed E-state index contributed by atoms with van der Waals surface area (Å²) in [6, 6.07) is 1.90. The molecule has 1 saturated heterocycles. The molecule has 0 aliphatic carbocycles. The molecule has 1 heterocycles. The van der Waals surface area contributed by atoms with Gasteiger partial charge in [-0.25, -0.2) is 0 Å². The van der Waals surface area contributed by atoms with E-state index in [1.54, 1.807) is 0 Å². The first-order valence-electron chi connectivity index (χ1n) is 3.60. The van der Waals surface area contributed by atoms with Gasteiger partial charge in [0.2, 0.25) is 0 Å². The van der Waals surface area contributed by atoms with Crippen molar-refractivity contribution in [3.63, 3.8) is 0 Å². The summed E-state index contributed by atoms with van der Waals surface area (Å²) >= 11 is 0. The minimum atomic E-state index is -1.10. The summed E-state index contributed by atoms with van der Waals surface area (Å²) in [7, 11) is 0. The van der Waals surface area contributed by atoms with Crippen LogP contribution in [0.3, 0.4) is 0 Å². The summed E-state index contributed by atoms with van der Waals surface area (Å²) in [5.74, 6) is 0. The van der Waals surface area contributed by atoms with Crippen molar-refractivity contribution in [3.05, 3.63) is 0 Å². The number of aliphatic hydroxyl groups is 1. The summed E-state index contributed by atoms with van der Waals surface area (Å²) in [6.45, 7) is 2.72. The first-order chi connectivity index (χ1) is 4.73. The Morgan fingerprint density at radius 3 is 3.00 bits per heavy atom. The van der Waals surface area contributed by atoms with Crippen LogP contribution in [0.2, 0.25) is 0 Å². The van der Waals surface area contributed by atoms with Crippen molar-refractivity contribution in [2.75, 3.05) is 6.54 Å². The molecule has 3 heteroatoms. The van der Waals surface area contributed by atoms with Gasteiger partial charge in [-0.05, 0) is 13.0 Å². The fourth-order valence-corrected chi connectivity index (χ4v) is 1.40. The van der Waals surface area contributed by atoms with Gasteiger partial charge < -0.3 is 10.4 Å². The molecular formula is C7H12N2O. The molecule has 56 valence electrons. The highest BCUT2D eigenvalue weighted by molar-refractivity contribution is 5.11. The number of nitrogens with one attached hydrogen (secondary N) is 1. The predicted octanol–water partition coefficient (Wildman–Crippen LogP) is 0.0130. The van der Waals surface area contributed by atoms with E-state index >= 15 is 0 Å². The van der Waals surface area contributed by atoms with Crippen molar-refractivity contribution < 1.29 is 5.11 Å². The molecule has 1 aliphatic rings. The summed E-state index contributed by atoms with van der Waals surface area (Å²) in [5, 5.41) is 21.2. The van der Waals surface area contributed by atoms with Crippen molar-refractivity contribution in [2.45, 2.75) is 31.4 Å². The zero-order valence-electron chi connectivity index (χ0n) is 6.09. The van der Waals surface area contributed by atoms with Crippen molar-refractivity contribution in [1.29, 1.82) is 5.26 Å². The van der Waals surface area contributed by atoms with Gasteiger partial charge in [-0.15, -0.1) is 0 Å². The molecule has 2 N–H and O–H groups in total. The van der Waals surface area contributed by atoms with Gasteiger partial charge in [-0.2, -0.15) is 5.26 Å². The molecular weight excluding hydrogens is 128 g/mol. The van der Waals surface area contributed by atoms with Crippen LogP contribution in [0.5, 0.6) is 0 Å². The zero-order chi connectivity index (χ0) is 7.61. The second-order valence-electron chi connectivity index (χ2n) is 2.70. The second-order valence-corrected chi connectivity index (χ2v) is 2.70. The average Bonchev–Trinajstić information content (AvgIpc) is 2.32. The van der Waals surface area contributed by atoms with Crippen molar-refractivity contribution in [3.8, 4) is 6.07 Å². The molecule has 10 heavy (non-hydrogen) atoms. The van der Waals surface area contributed by atoms with Crippen LogP contribution in [0.4, 0.5) is 0 Å². The lowest BCUT2D eigenvalue weighted by Gasteiger charge is -2.19. The minimum Gasteiger partial charge on any atom is -0.374 e. The predicted molar refractivity (Wildman–Crippen MR) is 37.3 cm³/mol. The van der Waals surface area contributed by atoms with E-state index in [2.05, 4.69) is 5.32 Å². The topological polar surface area (TPSA) is 56.0 Å². The van der Waals surface area contributed by atoms with E-state index in [0.29, 0.717) is 6.42 Å². The number of hydrogen-bond acceptors (Lipinski definition) is 3. The average molecular weight is 140 g/mol. The fourth-order valence-electron chi connectivity index (χ4n) is 1.40. The first kappa shape index (κ1) is 7.52. The van der Waals surface area contributed by atoms with Crippen LogP contribution >= 0.6 is 0 Å². The maximum absolute atomic E-state index is 9.54. The molecule has 0 aromatic carbocycles. The van der Waals surface area contributed by atoms with Crippen LogP contribution in [0.25, 0.3) is 0 Å². The molecule has 0 spiro atoms. The van der Waals surface area contributed by atoms with Crippen LogP contribution in [0, 0.1) is 11.3 Å². The van der Waals surface area contributed by atoms with E-state index < -0.39 is 5.60 Å². The van der Waals surface area contributed by atoms with Gasteiger partial charge in [0.25, 0.3) is 0 Å². The quantitative estimate of drug-likeness (QED) is 0.504. The van der Waals surface area contributed by atoms with Gasteiger partial charge in [-0.1, -0.05) is 6.92 Å². The van der Waals surface area contributed by atoms with Crippen LogP contribution in [0.1, 0.15) is 19.8 Å². The van der Waals surface area contributed by atoms with Gasteiger partial charge in [0.1, 0.15) is 0 Å². The number of rotatable bonds is 1. The minimum absolute atomic E-state index is 0.0301. The van der Waals surface area contributed by atoms with Gasteiger partial charge >= 0.3 is 0 Å².